The van der Waals surface area contributed by atoms with Crippen LogP contribution in [0.3, 0.4) is 0 Å². The molecule has 33 heavy (non-hydrogen) atoms. The number of carbonyl (C=O) groups excluding carboxylic acids is 3. The maximum atomic E-state index is 14.4. The highest BCUT2D eigenvalue weighted by Crippen LogP contribution is 2.29. The van der Waals surface area contributed by atoms with Crippen molar-refractivity contribution < 1.29 is 18.8 Å². The standard InChI is InChI=1S/C26H30FN3O3/c27-21-15-14-20(17-22(21)29-25(32)19-11-5-2-6-12-19)28-26(33)24(18-9-3-1-4-10-18)30-16-8-7-13-23(30)31/h1,3-4,9-10,14-15,17,19,24H,2,5-8,11-13,16H2,(H,28,33)(H,29,32). The van der Waals surface area contributed by atoms with Crippen molar-refractivity contribution in [3.8, 4) is 0 Å². The van der Waals surface area contributed by atoms with Crippen molar-refractivity contribution in [1.29, 1.82) is 0 Å². The smallest absolute Gasteiger partial charge is 0.251 e. The number of amides is 3. The number of rotatable bonds is 6. The molecule has 0 bridgehead atoms. The lowest BCUT2D eigenvalue weighted by molar-refractivity contribution is -0.141. The van der Waals surface area contributed by atoms with E-state index in [0.29, 0.717) is 18.7 Å². The predicted molar refractivity (Wildman–Crippen MR) is 125 cm³/mol. The Labute approximate surface area is 193 Å². The van der Waals surface area contributed by atoms with E-state index >= 15 is 0 Å². The molecule has 1 saturated heterocycles. The molecule has 7 heteroatoms. The lowest BCUT2D eigenvalue weighted by atomic mass is 9.88. The molecule has 2 fully saturated rings. The minimum absolute atomic E-state index is 0.0497. The number of benzene rings is 2. The van der Waals surface area contributed by atoms with Crippen molar-refractivity contribution in [1.82, 2.24) is 4.90 Å². The average Bonchev–Trinajstić information content (AvgIpc) is 2.84. The van der Waals surface area contributed by atoms with Gasteiger partial charge in [-0.1, -0.05) is 49.6 Å². The fourth-order valence-electron chi connectivity index (χ4n) is 4.72. The number of piperidine rings is 1. The van der Waals surface area contributed by atoms with Crippen LogP contribution in [-0.2, 0) is 14.4 Å². The van der Waals surface area contributed by atoms with Gasteiger partial charge in [0.1, 0.15) is 11.9 Å². The summed E-state index contributed by atoms with van der Waals surface area (Å²) in [6, 6.07) is 12.5. The van der Waals surface area contributed by atoms with Crippen molar-refractivity contribution in [3.63, 3.8) is 0 Å². The summed E-state index contributed by atoms with van der Waals surface area (Å²) in [4.78, 5) is 40.1. The lowest BCUT2D eigenvalue weighted by Crippen LogP contribution is -2.43. The van der Waals surface area contributed by atoms with Crippen molar-refractivity contribution in [2.75, 3.05) is 17.2 Å². The zero-order chi connectivity index (χ0) is 23.2. The molecule has 1 saturated carbocycles. The van der Waals surface area contributed by atoms with Crippen molar-refractivity contribution >= 4 is 29.1 Å². The molecule has 1 atom stereocenters. The Kier molecular flexibility index (Phi) is 7.37. The molecule has 2 aromatic rings. The van der Waals surface area contributed by atoms with E-state index in [-0.39, 0.29) is 29.3 Å². The summed E-state index contributed by atoms with van der Waals surface area (Å²) in [7, 11) is 0. The van der Waals surface area contributed by atoms with Crippen LogP contribution in [0.4, 0.5) is 15.8 Å². The molecule has 0 radical (unpaired) electrons. The summed E-state index contributed by atoms with van der Waals surface area (Å²) >= 11 is 0. The fraction of sp³-hybridized carbons (Fsp3) is 0.423. The molecule has 6 nitrogen and oxygen atoms in total. The van der Waals surface area contributed by atoms with Crippen molar-refractivity contribution in [3.05, 3.63) is 59.9 Å². The molecule has 2 aliphatic rings. The molecule has 0 aromatic heterocycles. The molecular weight excluding hydrogens is 421 g/mol. The van der Waals surface area contributed by atoms with Crippen molar-refractivity contribution in [2.45, 2.75) is 57.4 Å². The van der Waals surface area contributed by atoms with E-state index in [1.54, 1.807) is 4.90 Å². The van der Waals surface area contributed by atoms with Crippen LogP contribution in [0, 0.1) is 11.7 Å². The monoisotopic (exact) mass is 451 g/mol. The first-order chi connectivity index (χ1) is 16.0. The largest absolute Gasteiger partial charge is 0.327 e. The highest BCUT2D eigenvalue weighted by atomic mass is 19.1. The molecule has 3 amide bonds. The molecule has 1 unspecified atom stereocenters. The van der Waals surface area contributed by atoms with Crippen LogP contribution in [0.1, 0.15) is 63.0 Å². The number of halogens is 1. The zero-order valence-corrected chi connectivity index (χ0v) is 18.7. The van der Waals surface area contributed by atoms with E-state index in [2.05, 4.69) is 10.6 Å². The Morgan fingerprint density at radius 2 is 1.70 bits per heavy atom. The Balaban J connectivity index is 1.52. The number of anilines is 2. The molecule has 1 aliphatic heterocycles. The Hall–Kier alpha value is -3.22. The molecule has 0 spiro atoms. The SMILES string of the molecule is O=C(Nc1cc(NC(=O)C(c2ccccc2)N2CCCCC2=O)ccc1F)C1CCCCC1. The Bertz CT molecular complexity index is 1010. The van der Waals surface area contributed by atoms with Gasteiger partial charge in [-0.15, -0.1) is 0 Å². The van der Waals surface area contributed by atoms with Crippen LogP contribution >= 0.6 is 0 Å². The molecule has 2 aromatic carbocycles. The van der Waals surface area contributed by atoms with E-state index in [9.17, 15) is 18.8 Å². The number of hydrogen-bond donors (Lipinski definition) is 2. The molecule has 1 heterocycles. The summed E-state index contributed by atoms with van der Waals surface area (Å²) in [5.41, 5.74) is 1.14. The van der Waals surface area contributed by atoms with Gasteiger partial charge in [0.15, 0.2) is 0 Å². The van der Waals surface area contributed by atoms with E-state index in [4.69, 9.17) is 0 Å². The van der Waals surface area contributed by atoms with Gasteiger partial charge >= 0.3 is 0 Å². The number of nitrogens with zero attached hydrogens (tertiary/aromatic N) is 1. The number of nitrogens with one attached hydrogen (secondary N) is 2. The van der Waals surface area contributed by atoms with E-state index < -0.39 is 11.9 Å². The van der Waals surface area contributed by atoms with Crippen LogP contribution in [-0.4, -0.2) is 29.2 Å². The Morgan fingerprint density at radius 3 is 2.42 bits per heavy atom. The predicted octanol–water partition coefficient (Wildman–Crippen LogP) is 5.04. The first kappa shape index (κ1) is 23.0. The van der Waals surface area contributed by atoms with Crippen LogP contribution in [0.25, 0.3) is 0 Å². The summed E-state index contributed by atoms with van der Waals surface area (Å²) in [5, 5.41) is 5.52. The minimum Gasteiger partial charge on any atom is -0.327 e. The molecular formula is C26H30FN3O3. The Morgan fingerprint density at radius 1 is 0.939 bits per heavy atom. The van der Waals surface area contributed by atoms with Gasteiger partial charge in [0.05, 0.1) is 5.69 Å². The normalized spacial score (nSPS) is 18.0. The summed E-state index contributed by atoms with van der Waals surface area (Å²) in [6.07, 6.45) is 6.85. The van der Waals surface area contributed by atoms with Gasteiger partial charge in [-0.2, -0.15) is 0 Å². The summed E-state index contributed by atoms with van der Waals surface area (Å²) in [5.74, 6) is -1.26. The van der Waals surface area contributed by atoms with Crippen LogP contribution in [0.5, 0.6) is 0 Å². The van der Waals surface area contributed by atoms with Gasteiger partial charge in [0, 0.05) is 24.6 Å². The zero-order valence-electron chi connectivity index (χ0n) is 18.7. The second kappa shape index (κ2) is 10.6. The second-order valence-electron chi connectivity index (χ2n) is 8.87. The van der Waals surface area contributed by atoms with Gasteiger partial charge in [0.25, 0.3) is 5.91 Å². The third-order valence-electron chi connectivity index (χ3n) is 6.50. The van der Waals surface area contributed by atoms with E-state index in [1.165, 1.54) is 18.2 Å². The third-order valence-corrected chi connectivity index (χ3v) is 6.50. The van der Waals surface area contributed by atoms with E-state index in [1.807, 2.05) is 30.3 Å². The van der Waals surface area contributed by atoms with Crippen LogP contribution in [0.15, 0.2) is 48.5 Å². The van der Waals surface area contributed by atoms with Gasteiger partial charge < -0.3 is 15.5 Å². The fourth-order valence-corrected chi connectivity index (χ4v) is 4.72. The topological polar surface area (TPSA) is 78.5 Å². The number of carbonyl (C=O) groups is 3. The quantitative estimate of drug-likeness (QED) is 0.646. The van der Waals surface area contributed by atoms with Gasteiger partial charge in [0.2, 0.25) is 11.8 Å². The maximum absolute atomic E-state index is 14.4. The molecule has 1 aliphatic carbocycles. The molecule has 4 rings (SSSR count). The highest BCUT2D eigenvalue weighted by molar-refractivity contribution is 5.99. The third kappa shape index (κ3) is 5.59. The van der Waals surface area contributed by atoms with Gasteiger partial charge in [-0.05, 0) is 49.4 Å². The molecule has 174 valence electrons. The van der Waals surface area contributed by atoms with Crippen LogP contribution < -0.4 is 10.6 Å². The second-order valence-corrected chi connectivity index (χ2v) is 8.87. The van der Waals surface area contributed by atoms with Crippen LogP contribution in [0.2, 0.25) is 0 Å². The lowest BCUT2D eigenvalue weighted by Gasteiger charge is -2.34. The molecule has 2 N–H and O–H groups in total. The average molecular weight is 452 g/mol. The number of hydrogen-bond acceptors (Lipinski definition) is 3. The first-order valence-corrected chi connectivity index (χ1v) is 11.8. The van der Waals surface area contributed by atoms with Gasteiger partial charge in [-0.3, -0.25) is 14.4 Å². The van der Waals surface area contributed by atoms with Crippen molar-refractivity contribution in [2.24, 2.45) is 5.92 Å². The summed E-state index contributed by atoms with van der Waals surface area (Å²) in [6.45, 7) is 0.512. The maximum Gasteiger partial charge on any atom is 0.251 e. The highest BCUT2D eigenvalue weighted by Gasteiger charge is 2.33. The summed E-state index contributed by atoms with van der Waals surface area (Å²) < 4.78 is 14.4. The number of likely N-dealkylation sites (tertiary alicyclic amines) is 1. The van der Waals surface area contributed by atoms with Gasteiger partial charge in [-0.25, -0.2) is 4.39 Å². The van der Waals surface area contributed by atoms with E-state index in [0.717, 1.165) is 50.5 Å². The minimum atomic E-state index is -0.774. The first-order valence-electron chi connectivity index (χ1n) is 11.8.